The Morgan fingerprint density at radius 2 is 1.67 bits per heavy atom. The molecule has 1 saturated heterocycles. The van der Waals surface area contributed by atoms with Crippen LogP contribution in [0.2, 0.25) is 0 Å². The van der Waals surface area contributed by atoms with Crippen molar-refractivity contribution in [2.45, 2.75) is 26.4 Å². The Labute approximate surface area is 140 Å². The van der Waals surface area contributed by atoms with Crippen LogP contribution >= 0.6 is 0 Å². The van der Waals surface area contributed by atoms with Crippen LogP contribution in [0.3, 0.4) is 0 Å². The normalized spacial score (nSPS) is 25.0. The average Bonchev–Trinajstić information content (AvgIpc) is 2.94. The Hall–Kier alpha value is -1.93. The molecule has 0 saturated carbocycles. The van der Waals surface area contributed by atoms with Gasteiger partial charge in [-0.1, -0.05) is 6.92 Å². The van der Waals surface area contributed by atoms with E-state index in [4.69, 9.17) is 23.7 Å². The van der Waals surface area contributed by atoms with Crippen molar-refractivity contribution in [1.29, 1.82) is 0 Å². The number of fused-ring (bicyclic) bond motifs is 1. The molecule has 24 heavy (non-hydrogen) atoms. The highest BCUT2D eigenvalue weighted by atomic mass is 16.6. The van der Waals surface area contributed by atoms with Crippen LogP contribution in [0.5, 0.6) is 0 Å². The van der Waals surface area contributed by atoms with Gasteiger partial charge < -0.3 is 23.7 Å². The predicted octanol–water partition coefficient (Wildman–Crippen LogP) is 0.388. The summed E-state index contributed by atoms with van der Waals surface area (Å²) in [5.74, 6) is -2.84. The minimum atomic E-state index is -2.29. The van der Waals surface area contributed by atoms with Gasteiger partial charge in [0.2, 0.25) is 0 Å². The molecule has 8 heteroatoms. The van der Waals surface area contributed by atoms with Crippen LogP contribution in [-0.2, 0) is 38.1 Å². The van der Waals surface area contributed by atoms with Crippen LogP contribution in [0, 0.1) is 5.41 Å². The smallest absolute Gasteiger partial charge is 0.355 e. The van der Waals surface area contributed by atoms with Gasteiger partial charge in [0, 0.05) is 5.41 Å². The van der Waals surface area contributed by atoms with E-state index in [-0.39, 0.29) is 32.0 Å². The molecule has 8 nitrogen and oxygen atoms in total. The van der Waals surface area contributed by atoms with E-state index in [0.717, 1.165) is 0 Å². The largest absolute Gasteiger partial charge is 0.466 e. The molecule has 1 atom stereocenters. The Morgan fingerprint density at radius 1 is 1.08 bits per heavy atom. The summed E-state index contributed by atoms with van der Waals surface area (Å²) in [4.78, 5) is 37.7. The fraction of sp³-hybridized carbons (Fsp3) is 0.688. The second-order valence-electron chi connectivity index (χ2n) is 5.81. The molecule has 0 N–H and O–H groups in total. The molecule has 2 heterocycles. The Kier molecular flexibility index (Phi) is 5.29. The second-order valence-corrected chi connectivity index (χ2v) is 5.81. The third kappa shape index (κ3) is 2.69. The Balaban J connectivity index is 2.69. The molecule has 0 unspecified atom stereocenters. The van der Waals surface area contributed by atoms with E-state index in [1.54, 1.807) is 13.8 Å². The summed E-state index contributed by atoms with van der Waals surface area (Å²) in [7, 11) is 1.17. The van der Waals surface area contributed by atoms with E-state index in [2.05, 4.69) is 0 Å². The van der Waals surface area contributed by atoms with Gasteiger partial charge in [-0.2, -0.15) is 0 Å². The molecule has 0 amide bonds. The van der Waals surface area contributed by atoms with Crippen molar-refractivity contribution < 1.29 is 38.1 Å². The zero-order chi connectivity index (χ0) is 18.0. The highest BCUT2D eigenvalue weighted by Gasteiger charge is 2.63. The van der Waals surface area contributed by atoms with Crippen LogP contribution in [0.25, 0.3) is 0 Å². The SMILES string of the molecule is CCOC(=O)C1(C(=O)OCC)OC[C@@]2(C)COCC2=C1C(=O)OC. The van der Waals surface area contributed by atoms with Gasteiger partial charge in [0.25, 0.3) is 5.60 Å². The summed E-state index contributed by atoms with van der Waals surface area (Å²) in [6.07, 6.45) is 0. The van der Waals surface area contributed by atoms with Crippen molar-refractivity contribution in [3.63, 3.8) is 0 Å². The second kappa shape index (κ2) is 6.90. The number of esters is 3. The molecule has 2 aliphatic heterocycles. The van der Waals surface area contributed by atoms with Gasteiger partial charge in [0.05, 0.1) is 45.7 Å². The van der Waals surface area contributed by atoms with E-state index in [9.17, 15) is 14.4 Å². The van der Waals surface area contributed by atoms with Crippen LogP contribution in [-0.4, -0.2) is 63.7 Å². The monoisotopic (exact) mass is 342 g/mol. The van der Waals surface area contributed by atoms with Gasteiger partial charge in [0.15, 0.2) is 0 Å². The quantitative estimate of drug-likeness (QED) is 0.402. The van der Waals surface area contributed by atoms with Crippen molar-refractivity contribution in [3.05, 3.63) is 11.1 Å². The van der Waals surface area contributed by atoms with E-state index >= 15 is 0 Å². The maximum absolute atomic E-state index is 12.6. The lowest BCUT2D eigenvalue weighted by Crippen LogP contribution is -2.59. The van der Waals surface area contributed by atoms with Crippen molar-refractivity contribution >= 4 is 17.9 Å². The molecule has 2 rings (SSSR count). The summed E-state index contributed by atoms with van der Waals surface area (Å²) in [5.41, 5.74) is -2.61. The molecule has 1 fully saturated rings. The maximum atomic E-state index is 12.6. The molecule has 0 aromatic carbocycles. The lowest BCUT2D eigenvalue weighted by atomic mass is 9.75. The van der Waals surface area contributed by atoms with E-state index in [1.165, 1.54) is 7.11 Å². The van der Waals surface area contributed by atoms with E-state index in [1.807, 2.05) is 6.92 Å². The highest BCUT2D eigenvalue weighted by Crippen LogP contribution is 2.46. The van der Waals surface area contributed by atoms with Gasteiger partial charge >= 0.3 is 17.9 Å². The molecule has 134 valence electrons. The fourth-order valence-electron chi connectivity index (χ4n) is 2.93. The number of carbonyl (C=O) groups excluding carboxylic acids is 3. The molecule has 0 bridgehead atoms. The first kappa shape index (κ1) is 18.4. The zero-order valence-corrected chi connectivity index (χ0v) is 14.3. The summed E-state index contributed by atoms with van der Waals surface area (Å²) in [6, 6.07) is 0. The molecular formula is C16H22O8. The van der Waals surface area contributed by atoms with Crippen molar-refractivity contribution in [1.82, 2.24) is 0 Å². The number of hydrogen-bond donors (Lipinski definition) is 0. The minimum Gasteiger partial charge on any atom is -0.466 e. The predicted molar refractivity (Wildman–Crippen MR) is 79.9 cm³/mol. The molecular weight excluding hydrogens is 320 g/mol. The van der Waals surface area contributed by atoms with Gasteiger partial charge in [-0.05, 0) is 19.4 Å². The average molecular weight is 342 g/mol. The summed E-state index contributed by atoms with van der Waals surface area (Å²) >= 11 is 0. The first-order valence-electron chi connectivity index (χ1n) is 7.76. The third-order valence-electron chi connectivity index (χ3n) is 4.17. The molecule has 0 spiro atoms. The number of hydrogen-bond acceptors (Lipinski definition) is 8. The first-order valence-corrected chi connectivity index (χ1v) is 7.76. The standard InChI is InChI=1S/C16H22O8/c1-5-22-13(18)16(14(19)23-6-2)11(12(17)20-4)10-7-21-8-15(10,3)9-24-16/h5-9H2,1-4H3/t15-/m1/s1. The zero-order valence-electron chi connectivity index (χ0n) is 14.3. The molecule has 0 radical (unpaired) electrons. The molecule has 2 aliphatic rings. The number of methoxy groups -OCH3 is 1. The van der Waals surface area contributed by atoms with Crippen molar-refractivity contribution in [3.8, 4) is 0 Å². The van der Waals surface area contributed by atoms with E-state index in [0.29, 0.717) is 12.2 Å². The lowest BCUT2D eigenvalue weighted by molar-refractivity contribution is -0.192. The third-order valence-corrected chi connectivity index (χ3v) is 4.17. The lowest BCUT2D eigenvalue weighted by Gasteiger charge is -2.40. The number of ether oxygens (including phenoxy) is 5. The summed E-state index contributed by atoms with van der Waals surface area (Å²) < 4.78 is 25.9. The van der Waals surface area contributed by atoms with Crippen LogP contribution in [0.4, 0.5) is 0 Å². The van der Waals surface area contributed by atoms with Crippen molar-refractivity contribution in [2.24, 2.45) is 5.41 Å². The minimum absolute atomic E-state index is 0.0143. The maximum Gasteiger partial charge on any atom is 0.355 e. The van der Waals surface area contributed by atoms with Gasteiger partial charge in [-0.25, -0.2) is 14.4 Å². The van der Waals surface area contributed by atoms with Crippen LogP contribution in [0.1, 0.15) is 20.8 Å². The molecule has 0 aliphatic carbocycles. The molecule has 0 aromatic rings. The van der Waals surface area contributed by atoms with Crippen LogP contribution < -0.4 is 0 Å². The Morgan fingerprint density at radius 3 is 2.17 bits per heavy atom. The number of rotatable bonds is 5. The fourth-order valence-corrected chi connectivity index (χ4v) is 2.93. The molecule has 0 aromatic heterocycles. The summed E-state index contributed by atoms with van der Waals surface area (Å²) in [5, 5.41) is 0. The first-order chi connectivity index (χ1) is 11.4. The van der Waals surface area contributed by atoms with E-state index < -0.39 is 28.9 Å². The topological polar surface area (TPSA) is 97.4 Å². The van der Waals surface area contributed by atoms with Gasteiger partial charge in [-0.3, -0.25) is 0 Å². The Bertz CT molecular complexity index is 561. The van der Waals surface area contributed by atoms with Gasteiger partial charge in [0.1, 0.15) is 0 Å². The van der Waals surface area contributed by atoms with Crippen LogP contribution in [0.15, 0.2) is 11.1 Å². The van der Waals surface area contributed by atoms with Gasteiger partial charge in [-0.15, -0.1) is 0 Å². The number of carbonyl (C=O) groups is 3. The van der Waals surface area contributed by atoms with Crippen molar-refractivity contribution in [2.75, 3.05) is 40.1 Å². The summed E-state index contributed by atoms with van der Waals surface area (Å²) in [6.45, 7) is 5.47. The highest BCUT2D eigenvalue weighted by molar-refractivity contribution is 6.15.